The Hall–Kier alpha value is -1.99. The molecule has 0 aromatic heterocycles. The number of hydrogen-bond donors (Lipinski definition) is 1. The number of carbonyl (C=O) groups is 1. The van der Waals surface area contributed by atoms with Gasteiger partial charge in [0.1, 0.15) is 0 Å². The molecule has 0 radical (unpaired) electrons. The Morgan fingerprint density at radius 1 is 1.40 bits per heavy atom. The van der Waals surface area contributed by atoms with Crippen molar-refractivity contribution in [2.45, 2.75) is 32.9 Å². The van der Waals surface area contributed by atoms with Crippen LogP contribution in [0.15, 0.2) is 24.3 Å². The molecule has 0 unspecified atom stereocenters. The van der Waals surface area contributed by atoms with Gasteiger partial charge in [-0.3, -0.25) is 0 Å². The van der Waals surface area contributed by atoms with E-state index < -0.39 is 0 Å². The highest BCUT2D eigenvalue weighted by Gasteiger charge is 2.13. The summed E-state index contributed by atoms with van der Waals surface area (Å²) in [5.74, 6) is 5.90. The van der Waals surface area contributed by atoms with Crippen LogP contribution in [0.1, 0.15) is 31.4 Å². The molecule has 0 saturated heterocycles. The van der Waals surface area contributed by atoms with Gasteiger partial charge in [0.15, 0.2) is 0 Å². The third kappa shape index (κ3) is 5.33. The lowest BCUT2D eigenvalue weighted by Crippen LogP contribution is -2.29. The molecule has 0 aliphatic rings. The summed E-state index contributed by atoms with van der Waals surface area (Å²) >= 11 is 0. The van der Waals surface area contributed by atoms with Crippen molar-refractivity contribution in [3.8, 4) is 11.8 Å². The first-order valence-corrected chi connectivity index (χ1v) is 6.64. The second-order valence-electron chi connectivity index (χ2n) is 4.72. The van der Waals surface area contributed by atoms with E-state index in [4.69, 9.17) is 9.84 Å². The molecule has 0 fully saturated rings. The zero-order valence-corrected chi connectivity index (χ0v) is 12.2. The average Bonchev–Trinajstić information content (AvgIpc) is 2.40. The van der Waals surface area contributed by atoms with Gasteiger partial charge in [-0.25, -0.2) is 4.79 Å². The highest BCUT2D eigenvalue weighted by atomic mass is 16.6. The van der Waals surface area contributed by atoms with Crippen LogP contribution in [-0.2, 0) is 11.3 Å². The predicted octanol–water partition coefficient (Wildman–Crippen LogP) is 2.40. The second-order valence-corrected chi connectivity index (χ2v) is 4.72. The number of benzene rings is 1. The zero-order valence-electron chi connectivity index (χ0n) is 12.2. The van der Waals surface area contributed by atoms with Gasteiger partial charge in [0.2, 0.25) is 0 Å². The van der Waals surface area contributed by atoms with E-state index in [-0.39, 0.29) is 18.8 Å². The number of aliphatic hydroxyl groups excluding tert-OH is 1. The molecule has 0 aliphatic carbocycles. The lowest BCUT2D eigenvalue weighted by atomic mass is 10.1. The minimum absolute atomic E-state index is 0.0514. The van der Waals surface area contributed by atoms with Crippen LogP contribution < -0.4 is 0 Å². The maximum Gasteiger partial charge on any atom is 0.410 e. The Balaban J connectivity index is 2.77. The van der Waals surface area contributed by atoms with E-state index in [1.807, 2.05) is 38.1 Å². The summed E-state index contributed by atoms with van der Waals surface area (Å²) in [6.45, 7) is 4.13. The normalized spacial score (nSPS) is 9.85. The van der Waals surface area contributed by atoms with Crippen LogP contribution in [0.25, 0.3) is 0 Å². The molecular formula is C16H21NO3. The van der Waals surface area contributed by atoms with Crippen LogP contribution in [0, 0.1) is 11.8 Å². The molecule has 0 saturated carbocycles. The number of nitrogens with zero attached hydrogens (tertiary/aromatic N) is 1. The Labute approximate surface area is 120 Å². The van der Waals surface area contributed by atoms with Gasteiger partial charge in [-0.2, -0.15) is 0 Å². The van der Waals surface area contributed by atoms with Crippen molar-refractivity contribution in [1.82, 2.24) is 4.90 Å². The molecule has 1 aromatic rings. The van der Waals surface area contributed by atoms with Crippen LogP contribution in [0.4, 0.5) is 4.79 Å². The Morgan fingerprint density at radius 3 is 2.75 bits per heavy atom. The van der Waals surface area contributed by atoms with Gasteiger partial charge in [-0.1, -0.05) is 30.0 Å². The summed E-state index contributed by atoms with van der Waals surface area (Å²) in [7, 11) is 1.70. The fourth-order valence-electron chi connectivity index (χ4n) is 1.61. The van der Waals surface area contributed by atoms with Gasteiger partial charge in [-0.05, 0) is 25.5 Å². The maximum absolute atomic E-state index is 11.8. The first kappa shape index (κ1) is 16.1. The van der Waals surface area contributed by atoms with Crippen molar-refractivity contribution < 1.29 is 14.6 Å². The van der Waals surface area contributed by atoms with E-state index >= 15 is 0 Å². The largest absolute Gasteiger partial charge is 0.447 e. The smallest absolute Gasteiger partial charge is 0.410 e. The van der Waals surface area contributed by atoms with Crippen molar-refractivity contribution in [1.29, 1.82) is 0 Å². The van der Waals surface area contributed by atoms with Crippen LogP contribution in [0.5, 0.6) is 0 Å². The standard InChI is InChI=1S/C16H21NO3/c1-13(2)20-16(19)17(3)12-15-10-5-4-8-14(15)9-6-7-11-18/h4-5,8,10,13,18H,7,11-12H2,1-3H3. The Kier molecular flexibility index (Phi) is 6.61. The number of ether oxygens (including phenoxy) is 1. The molecule has 0 bridgehead atoms. The lowest BCUT2D eigenvalue weighted by molar-refractivity contribution is 0.0822. The summed E-state index contributed by atoms with van der Waals surface area (Å²) in [6, 6.07) is 7.65. The van der Waals surface area contributed by atoms with Gasteiger partial charge in [-0.15, -0.1) is 0 Å². The molecule has 1 amide bonds. The van der Waals surface area contributed by atoms with E-state index in [1.54, 1.807) is 7.05 Å². The third-order valence-corrected chi connectivity index (χ3v) is 2.53. The first-order valence-electron chi connectivity index (χ1n) is 6.64. The summed E-state index contributed by atoms with van der Waals surface area (Å²) in [5.41, 5.74) is 1.83. The van der Waals surface area contributed by atoms with Crippen molar-refractivity contribution >= 4 is 6.09 Å². The Morgan fingerprint density at radius 2 is 2.10 bits per heavy atom. The highest BCUT2D eigenvalue weighted by Crippen LogP contribution is 2.11. The molecule has 4 nitrogen and oxygen atoms in total. The number of amides is 1. The number of carbonyl (C=O) groups excluding carboxylic acids is 1. The first-order chi connectivity index (χ1) is 9.54. The topological polar surface area (TPSA) is 49.8 Å². The molecular weight excluding hydrogens is 254 g/mol. The second kappa shape index (κ2) is 8.23. The van der Waals surface area contributed by atoms with E-state index in [1.165, 1.54) is 4.90 Å². The number of hydrogen-bond acceptors (Lipinski definition) is 3. The van der Waals surface area contributed by atoms with Gasteiger partial charge in [0.05, 0.1) is 12.7 Å². The van der Waals surface area contributed by atoms with E-state index in [2.05, 4.69) is 11.8 Å². The van der Waals surface area contributed by atoms with Crippen molar-refractivity contribution in [3.63, 3.8) is 0 Å². The molecule has 0 spiro atoms. The maximum atomic E-state index is 11.8. The molecule has 20 heavy (non-hydrogen) atoms. The molecule has 0 atom stereocenters. The molecule has 1 aromatic carbocycles. The molecule has 0 aliphatic heterocycles. The molecule has 0 heterocycles. The minimum atomic E-state index is -0.349. The Bertz CT molecular complexity index is 500. The fraction of sp³-hybridized carbons (Fsp3) is 0.438. The average molecular weight is 275 g/mol. The molecule has 1 N–H and O–H groups in total. The lowest BCUT2D eigenvalue weighted by Gasteiger charge is -2.19. The highest BCUT2D eigenvalue weighted by molar-refractivity contribution is 5.67. The summed E-state index contributed by atoms with van der Waals surface area (Å²) in [6.07, 6.45) is -0.0396. The van der Waals surface area contributed by atoms with Crippen LogP contribution in [0.3, 0.4) is 0 Å². The summed E-state index contributed by atoms with van der Waals surface area (Å²) in [5, 5.41) is 8.74. The van der Waals surface area contributed by atoms with Crippen molar-refractivity contribution in [2.75, 3.05) is 13.7 Å². The van der Waals surface area contributed by atoms with Crippen molar-refractivity contribution in [3.05, 3.63) is 35.4 Å². The SMILES string of the molecule is CC(C)OC(=O)N(C)Cc1ccccc1C#CCCO. The monoisotopic (exact) mass is 275 g/mol. The molecule has 108 valence electrons. The summed E-state index contributed by atoms with van der Waals surface area (Å²) in [4.78, 5) is 13.3. The van der Waals surface area contributed by atoms with Gasteiger partial charge in [0, 0.05) is 25.6 Å². The van der Waals surface area contributed by atoms with E-state index in [0.29, 0.717) is 13.0 Å². The van der Waals surface area contributed by atoms with Gasteiger partial charge < -0.3 is 14.7 Å². The molecule has 1 rings (SSSR count). The number of aliphatic hydroxyl groups is 1. The minimum Gasteiger partial charge on any atom is -0.447 e. The van der Waals surface area contributed by atoms with E-state index in [9.17, 15) is 4.79 Å². The predicted molar refractivity (Wildman–Crippen MR) is 78.1 cm³/mol. The van der Waals surface area contributed by atoms with E-state index in [0.717, 1.165) is 11.1 Å². The summed E-state index contributed by atoms with van der Waals surface area (Å²) < 4.78 is 5.14. The van der Waals surface area contributed by atoms with Crippen LogP contribution in [0.2, 0.25) is 0 Å². The molecule has 4 heteroatoms. The van der Waals surface area contributed by atoms with Crippen LogP contribution >= 0.6 is 0 Å². The number of rotatable bonds is 4. The zero-order chi connectivity index (χ0) is 15.0. The third-order valence-electron chi connectivity index (χ3n) is 2.53. The van der Waals surface area contributed by atoms with Gasteiger partial charge in [0.25, 0.3) is 0 Å². The van der Waals surface area contributed by atoms with Crippen molar-refractivity contribution in [2.24, 2.45) is 0 Å². The van der Waals surface area contributed by atoms with Gasteiger partial charge >= 0.3 is 6.09 Å². The fourth-order valence-corrected chi connectivity index (χ4v) is 1.61. The van der Waals surface area contributed by atoms with Crippen LogP contribution in [-0.4, -0.2) is 35.9 Å². The quantitative estimate of drug-likeness (QED) is 0.858.